The molecule has 2 rings (SSSR count). The van der Waals surface area contributed by atoms with Crippen LogP contribution in [0.5, 0.6) is 0 Å². The predicted molar refractivity (Wildman–Crippen MR) is 144 cm³/mol. The third-order valence-electron chi connectivity index (χ3n) is 6.38. The van der Waals surface area contributed by atoms with Crippen molar-refractivity contribution in [2.75, 3.05) is 7.05 Å². The highest BCUT2D eigenvalue weighted by Gasteiger charge is 2.41. The summed E-state index contributed by atoms with van der Waals surface area (Å²) in [6.45, 7) is 13.3. The molecule has 9 heteroatoms. The molecular formula is C31H32F7NO. The van der Waals surface area contributed by atoms with Gasteiger partial charge < -0.3 is 4.90 Å². The van der Waals surface area contributed by atoms with Gasteiger partial charge in [-0.1, -0.05) is 29.9 Å². The standard InChI is InChI=1S/C31H32F7NO/c1-9-19(4)13-26(25-11-10-24(32)14-20(25)5)27(12-18(2)3)39(8)28(40)29(6,7)21-15-22(30(33,34)35)17-23(16-21)31(36,37)38/h9-17H,1H2,2-8H3/b19-13+,27-26-. The van der Waals surface area contributed by atoms with E-state index >= 15 is 0 Å². The summed E-state index contributed by atoms with van der Waals surface area (Å²) in [7, 11) is 1.40. The van der Waals surface area contributed by atoms with Crippen LogP contribution in [0.25, 0.3) is 5.57 Å². The molecule has 0 bridgehead atoms. The van der Waals surface area contributed by atoms with E-state index in [2.05, 4.69) is 6.58 Å². The Hall–Kier alpha value is -3.62. The number of halogens is 7. The van der Waals surface area contributed by atoms with Gasteiger partial charge in [-0.3, -0.25) is 4.79 Å². The molecule has 0 aromatic heterocycles. The summed E-state index contributed by atoms with van der Waals surface area (Å²) in [6.07, 6.45) is -5.15. The molecule has 2 aromatic carbocycles. The van der Waals surface area contributed by atoms with Crippen molar-refractivity contribution in [3.63, 3.8) is 0 Å². The van der Waals surface area contributed by atoms with Gasteiger partial charge in [-0.25, -0.2) is 4.39 Å². The fourth-order valence-electron chi connectivity index (χ4n) is 4.10. The minimum Gasteiger partial charge on any atom is -0.314 e. The number of nitrogens with zero attached hydrogens (tertiary/aromatic N) is 1. The number of rotatable bonds is 7. The fourth-order valence-corrected chi connectivity index (χ4v) is 4.10. The van der Waals surface area contributed by atoms with Crippen molar-refractivity contribution in [1.29, 1.82) is 0 Å². The van der Waals surface area contributed by atoms with Gasteiger partial charge >= 0.3 is 12.4 Å². The highest BCUT2D eigenvalue weighted by Crippen LogP contribution is 2.40. The van der Waals surface area contributed by atoms with Gasteiger partial charge in [-0.15, -0.1) is 0 Å². The SMILES string of the molecule is C=C/C(C)=C/C(=C(\C=C(C)C)N(C)C(=O)C(C)(C)c1cc(C(F)(F)F)cc(C(F)(F)F)c1)c1ccc(F)cc1C. The maximum atomic E-state index is 13.9. The molecule has 0 N–H and O–H groups in total. The first-order valence-corrected chi connectivity index (χ1v) is 12.2. The lowest BCUT2D eigenvalue weighted by molar-refractivity contribution is -0.143. The van der Waals surface area contributed by atoms with Crippen LogP contribution in [0.4, 0.5) is 30.7 Å². The number of amides is 1. The van der Waals surface area contributed by atoms with E-state index < -0.39 is 46.2 Å². The summed E-state index contributed by atoms with van der Waals surface area (Å²) in [6, 6.07) is 5.28. The molecule has 0 aliphatic carbocycles. The van der Waals surface area contributed by atoms with Crippen LogP contribution in [0.3, 0.4) is 0 Å². The largest absolute Gasteiger partial charge is 0.416 e. The van der Waals surface area contributed by atoms with Crippen molar-refractivity contribution in [3.05, 3.63) is 112 Å². The zero-order valence-electron chi connectivity index (χ0n) is 23.4. The summed E-state index contributed by atoms with van der Waals surface area (Å²) in [4.78, 5) is 15.1. The molecule has 0 saturated carbocycles. The first-order valence-electron chi connectivity index (χ1n) is 12.2. The van der Waals surface area contributed by atoms with Gasteiger partial charge in [0.15, 0.2) is 0 Å². The fraction of sp³-hybridized carbons (Fsp3) is 0.323. The first kappa shape index (κ1) is 32.6. The van der Waals surface area contributed by atoms with Gasteiger partial charge in [-0.2, -0.15) is 26.3 Å². The van der Waals surface area contributed by atoms with Crippen LogP contribution in [0.1, 0.15) is 62.4 Å². The van der Waals surface area contributed by atoms with Crippen LogP contribution in [0.2, 0.25) is 0 Å². The number of hydrogen-bond donors (Lipinski definition) is 0. The monoisotopic (exact) mass is 567 g/mol. The van der Waals surface area contributed by atoms with E-state index in [-0.39, 0.29) is 6.07 Å². The van der Waals surface area contributed by atoms with E-state index in [0.29, 0.717) is 40.1 Å². The Bertz CT molecular complexity index is 1350. The van der Waals surface area contributed by atoms with Gasteiger partial charge in [0.1, 0.15) is 5.82 Å². The summed E-state index contributed by atoms with van der Waals surface area (Å²) in [5.41, 5.74) is -1.88. The molecular weight excluding hydrogens is 535 g/mol. The van der Waals surface area contributed by atoms with E-state index in [1.54, 1.807) is 45.9 Å². The average Bonchev–Trinajstić information content (AvgIpc) is 2.83. The van der Waals surface area contributed by atoms with Crippen LogP contribution < -0.4 is 0 Å². The Balaban J connectivity index is 2.88. The number of carbonyl (C=O) groups excluding carboxylic acids is 1. The average molecular weight is 568 g/mol. The summed E-state index contributed by atoms with van der Waals surface area (Å²) in [5.74, 6) is -1.22. The number of allylic oxidation sites excluding steroid dienone is 6. The smallest absolute Gasteiger partial charge is 0.314 e. The van der Waals surface area contributed by atoms with Crippen LogP contribution in [-0.2, 0) is 22.6 Å². The molecule has 0 atom stereocenters. The summed E-state index contributed by atoms with van der Waals surface area (Å²) < 4.78 is 95.2. The Morgan fingerprint density at radius 2 is 1.35 bits per heavy atom. The highest BCUT2D eigenvalue weighted by atomic mass is 19.4. The van der Waals surface area contributed by atoms with E-state index in [0.717, 1.165) is 5.57 Å². The second-order valence-corrected chi connectivity index (χ2v) is 10.4. The molecule has 1 amide bonds. The van der Waals surface area contributed by atoms with Crippen molar-refractivity contribution >= 4 is 11.5 Å². The third kappa shape index (κ3) is 7.52. The Labute approximate surface area is 230 Å². The number of hydrogen-bond acceptors (Lipinski definition) is 1. The zero-order chi connectivity index (χ0) is 30.8. The first-order chi connectivity index (χ1) is 18.2. The molecule has 0 saturated heterocycles. The lowest BCUT2D eigenvalue weighted by atomic mass is 9.81. The van der Waals surface area contributed by atoms with Crippen LogP contribution >= 0.6 is 0 Å². The Kier molecular flexibility index (Phi) is 9.66. The molecule has 0 unspecified atom stereocenters. The second kappa shape index (κ2) is 11.9. The molecule has 0 radical (unpaired) electrons. The van der Waals surface area contributed by atoms with Gasteiger partial charge in [-0.05, 0) is 101 Å². The van der Waals surface area contributed by atoms with Crippen molar-refractivity contribution < 1.29 is 35.5 Å². The molecule has 0 heterocycles. The molecule has 0 aliphatic heterocycles. The lowest BCUT2D eigenvalue weighted by Crippen LogP contribution is -2.41. The van der Waals surface area contributed by atoms with Crippen molar-refractivity contribution in [1.82, 2.24) is 4.90 Å². The number of benzene rings is 2. The Morgan fingerprint density at radius 1 is 0.850 bits per heavy atom. The Morgan fingerprint density at radius 3 is 1.77 bits per heavy atom. The maximum Gasteiger partial charge on any atom is 0.416 e. The van der Waals surface area contributed by atoms with E-state index in [1.165, 1.54) is 44.0 Å². The zero-order valence-corrected chi connectivity index (χ0v) is 23.4. The number of carbonyl (C=O) groups is 1. The second-order valence-electron chi connectivity index (χ2n) is 10.4. The molecule has 40 heavy (non-hydrogen) atoms. The van der Waals surface area contributed by atoms with Crippen molar-refractivity contribution in [2.24, 2.45) is 0 Å². The summed E-state index contributed by atoms with van der Waals surface area (Å²) in [5, 5.41) is 0. The molecule has 0 aliphatic rings. The predicted octanol–water partition coefficient (Wildman–Crippen LogP) is 9.42. The normalized spacial score (nSPS) is 13.5. The number of likely N-dealkylation sites (N-methyl/N-ethyl adjacent to an activating group) is 1. The van der Waals surface area contributed by atoms with Crippen LogP contribution in [0.15, 0.2) is 78.0 Å². The molecule has 216 valence electrons. The van der Waals surface area contributed by atoms with E-state index in [1.807, 2.05) is 0 Å². The van der Waals surface area contributed by atoms with Gasteiger partial charge in [0.05, 0.1) is 22.2 Å². The minimum absolute atomic E-state index is 0.0283. The van der Waals surface area contributed by atoms with Gasteiger partial charge in [0.2, 0.25) is 5.91 Å². The minimum atomic E-state index is -5.06. The maximum absolute atomic E-state index is 13.9. The number of aryl methyl sites for hydroxylation is 1. The molecule has 2 aromatic rings. The van der Waals surface area contributed by atoms with Gasteiger partial charge in [0.25, 0.3) is 0 Å². The van der Waals surface area contributed by atoms with E-state index in [4.69, 9.17) is 0 Å². The van der Waals surface area contributed by atoms with E-state index in [9.17, 15) is 35.5 Å². The molecule has 2 nitrogen and oxygen atoms in total. The number of alkyl halides is 6. The van der Waals surface area contributed by atoms with Crippen LogP contribution in [-0.4, -0.2) is 17.9 Å². The molecule has 0 fully saturated rings. The van der Waals surface area contributed by atoms with Gasteiger partial charge in [0, 0.05) is 12.6 Å². The van der Waals surface area contributed by atoms with Crippen molar-refractivity contribution in [3.8, 4) is 0 Å². The molecule has 0 spiro atoms. The third-order valence-corrected chi connectivity index (χ3v) is 6.38. The highest BCUT2D eigenvalue weighted by molar-refractivity contribution is 5.92. The quantitative estimate of drug-likeness (QED) is 0.241. The summed E-state index contributed by atoms with van der Waals surface area (Å²) >= 11 is 0. The lowest BCUT2D eigenvalue weighted by Gasteiger charge is -2.32. The van der Waals surface area contributed by atoms with Crippen molar-refractivity contribution in [2.45, 2.75) is 59.3 Å². The topological polar surface area (TPSA) is 20.3 Å². The van der Waals surface area contributed by atoms with Crippen LogP contribution in [0, 0.1) is 12.7 Å².